The van der Waals surface area contributed by atoms with E-state index in [-0.39, 0.29) is 41.0 Å². The lowest BCUT2D eigenvalue weighted by atomic mass is 9.83. The van der Waals surface area contributed by atoms with E-state index in [0.717, 1.165) is 47.8 Å². The second-order valence-electron chi connectivity index (χ2n) is 13.9. The van der Waals surface area contributed by atoms with Gasteiger partial charge in [0.1, 0.15) is 17.8 Å². The molecule has 4 saturated heterocycles. The van der Waals surface area contributed by atoms with Crippen molar-refractivity contribution in [3.8, 4) is 0 Å². The van der Waals surface area contributed by atoms with E-state index in [1.165, 1.54) is 13.2 Å². The summed E-state index contributed by atoms with van der Waals surface area (Å²) >= 11 is 0. The van der Waals surface area contributed by atoms with E-state index in [1.807, 2.05) is 35.2 Å². The summed E-state index contributed by atoms with van der Waals surface area (Å²) < 4.78 is 46.4. The zero-order chi connectivity index (χ0) is 34.4. The molecule has 0 aromatic carbocycles. The van der Waals surface area contributed by atoms with E-state index in [0.29, 0.717) is 50.1 Å². The maximum Gasteiger partial charge on any atom is 0.246 e. The molecule has 4 fully saturated rings. The molecule has 262 valence electrons. The Hall–Kier alpha value is -3.91. The monoisotopic (exact) mass is 692 g/mol. The number of carbonyl (C=O) groups excluding carboxylic acids is 1. The van der Waals surface area contributed by atoms with Gasteiger partial charge in [-0.25, -0.2) is 22.8 Å². The zero-order valence-electron chi connectivity index (χ0n) is 28.3. The molecule has 0 saturated carbocycles. The Labute approximate surface area is 287 Å². The van der Waals surface area contributed by atoms with Crippen molar-refractivity contribution in [2.45, 2.75) is 87.2 Å². The molecule has 1 amide bonds. The number of sulfone groups is 1. The number of nitrogens with one attached hydrogen (secondary N) is 1. The van der Waals surface area contributed by atoms with Gasteiger partial charge in [0.15, 0.2) is 9.84 Å². The molecular weight excluding hydrogens is 648 g/mol. The summed E-state index contributed by atoms with van der Waals surface area (Å²) in [6, 6.07) is 3.47. The zero-order valence-corrected chi connectivity index (χ0v) is 29.1. The number of fused-ring (bicyclic) bond motifs is 1. The largest absolute Gasteiger partial charge is 0.378 e. The quantitative estimate of drug-likeness (QED) is 0.328. The molecule has 12 nitrogen and oxygen atoms in total. The summed E-state index contributed by atoms with van der Waals surface area (Å²) in [5, 5.41) is 4.42. The number of methoxy groups -OCH3 is 1. The maximum absolute atomic E-state index is 14.6. The SMILES string of the molecule is C=CC(=O)N1CCCC1c1ncc(N2CC(C3CCCC(C)S3(=O)=O)C2C)c2cnc(Nc3ccnc(N4CC[C@@H](OC)[C@@H](F)C4)n3)cc12. The minimum atomic E-state index is -3.18. The first-order chi connectivity index (χ1) is 23.6. The highest BCUT2D eigenvalue weighted by Gasteiger charge is 2.49. The third kappa shape index (κ3) is 6.11. The third-order valence-corrected chi connectivity index (χ3v) is 13.9. The molecular formula is C35H45FN8O4S. The van der Waals surface area contributed by atoms with Crippen LogP contribution in [0.1, 0.15) is 64.1 Å². The Morgan fingerprint density at radius 1 is 1.04 bits per heavy atom. The number of amides is 1. The number of halogens is 1. The van der Waals surface area contributed by atoms with Crippen molar-refractivity contribution >= 4 is 49.8 Å². The van der Waals surface area contributed by atoms with Crippen LogP contribution in [0.3, 0.4) is 0 Å². The Kier molecular flexibility index (Phi) is 9.20. The lowest BCUT2D eigenvalue weighted by Crippen LogP contribution is -2.61. The maximum atomic E-state index is 14.6. The van der Waals surface area contributed by atoms with Gasteiger partial charge in [0, 0.05) is 61.9 Å². The predicted molar refractivity (Wildman–Crippen MR) is 188 cm³/mol. The molecule has 7 heterocycles. The predicted octanol–water partition coefficient (Wildman–Crippen LogP) is 4.76. The summed E-state index contributed by atoms with van der Waals surface area (Å²) in [6.07, 6.45) is 9.64. The van der Waals surface area contributed by atoms with Crippen molar-refractivity contribution < 1.29 is 22.3 Å². The van der Waals surface area contributed by atoms with Crippen molar-refractivity contribution in [3.05, 3.63) is 49.1 Å². The molecule has 1 N–H and O–H groups in total. The van der Waals surface area contributed by atoms with Crippen LogP contribution < -0.4 is 15.1 Å². The number of carbonyl (C=O) groups is 1. The molecule has 0 spiro atoms. The van der Waals surface area contributed by atoms with Gasteiger partial charge in [0.25, 0.3) is 0 Å². The highest BCUT2D eigenvalue weighted by Crippen LogP contribution is 2.44. The van der Waals surface area contributed by atoms with Crippen LogP contribution in [0.25, 0.3) is 10.8 Å². The first-order valence-electron chi connectivity index (χ1n) is 17.3. The number of aromatic nitrogens is 4. The number of rotatable bonds is 8. The number of nitrogens with zero attached hydrogens (tertiary/aromatic N) is 7. The molecule has 49 heavy (non-hydrogen) atoms. The molecule has 7 atom stereocenters. The van der Waals surface area contributed by atoms with Gasteiger partial charge in [0.05, 0.1) is 46.8 Å². The van der Waals surface area contributed by atoms with Gasteiger partial charge < -0.3 is 24.8 Å². The van der Waals surface area contributed by atoms with Crippen LogP contribution in [-0.2, 0) is 19.4 Å². The van der Waals surface area contributed by atoms with E-state index >= 15 is 0 Å². The number of piperidine rings is 1. The Morgan fingerprint density at radius 3 is 2.63 bits per heavy atom. The fourth-order valence-corrected chi connectivity index (χ4v) is 10.6. The van der Waals surface area contributed by atoms with Gasteiger partial charge in [-0.1, -0.05) is 13.0 Å². The first kappa shape index (κ1) is 33.6. The first-order valence-corrected chi connectivity index (χ1v) is 18.9. The number of ether oxygens (including phenoxy) is 1. The van der Waals surface area contributed by atoms with Crippen molar-refractivity contribution in [2.24, 2.45) is 5.92 Å². The molecule has 4 aliphatic rings. The highest BCUT2D eigenvalue weighted by atomic mass is 32.2. The van der Waals surface area contributed by atoms with Crippen LogP contribution in [0.2, 0.25) is 0 Å². The molecule has 4 aliphatic heterocycles. The lowest BCUT2D eigenvalue weighted by Gasteiger charge is -2.52. The Morgan fingerprint density at radius 2 is 1.88 bits per heavy atom. The van der Waals surface area contributed by atoms with Gasteiger partial charge in [-0.15, -0.1) is 0 Å². The molecule has 0 bridgehead atoms. The average Bonchev–Trinajstić information content (AvgIpc) is 3.59. The van der Waals surface area contributed by atoms with Gasteiger partial charge in [-0.2, -0.15) is 4.98 Å². The smallest absolute Gasteiger partial charge is 0.246 e. The molecule has 0 aliphatic carbocycles. The van der Waals surface area contributed by atoms with Crippen LogP contribution in [-0.4, -0.2) is 101 Å². The Bertz CT molecular complexity index is 1850. The second kappa shape index (κ2) is 13.4. The number of pyridine rings is 2. The highest BCUT2D eigenvalue weighted by molar-refractivity contribution is 7.92. The van der Waals surface area contributed by atoms with Crippen LogP contribution in [0.4, 0.5) is 27.7 Å². The third-order valence-electron chi connectivity index (χ3n) is 11.2. The van der Waals surface area contributed by atoms with Crippen LogP contribution in [0.15, 0.2) is 43.4 Å². The van der Waals surface area contributed by atoms with Crippen LogP contribution >= 0.6 is 0 Å². The van der Waals surface area contributed by atoms with E-state index in [9.17, 15) is 17.6 Å². The van der Waals surface area contributed by atoms with E-state index in [4.69, 9.17) is 14.7 Å². The second-order valence-corrected chi connectivity index (χ2v) is 16.4. The molecule has 14 heteroatoms. The number of hydrogen-bond acceptors (Lipinski definition) is 11. The van der Waals surface area contributed by atoms with Crippen LogP contribution in [0, 0.1) is 5.92 Å². The average molecular weight is 693 g/mol. The Balaban J connectivity index is 1.20. The summed E-state index contributed by atoms with van der Waals surface area (Å²) in [7, 11) is -1.65. The van der Waals surface area contributed by atoms with Crippen molar-refractivity contribution in [1.82, 2.24) is 24.8 Å². The van der Waals surface area contributed by atoms with Gasteiger partial charge in [0.2, 0.25) is 11.9 Å². The number of hydrogen-bond donors (Lipinski definition) is 1. The van der Waals surface area contributed by atoms with E-state index < -0.39 is 22.1 Å². The summed E-state index contributed by atoms with van der Waals surface area (Å²) in [6.45, 7) is 9.63. The number of likely N-dealkylation sites (tertiary alicyclic amines) is 1. The minimum absolute atomic E-state index is 0.0152. The van der Waals surface area contributed by atoms with E-state index in [2.05, 4.69) is 33.7 Å². The fraction of sp³-hybridized carbons (Fsp3) is 0.571. The fourth-order valence-electron chi connectivity index (χ4n) is 8.24. The van der Waals surface area contributed by atoms with Crippen LogP contribution in [0.5, 0.6) is 0 Å². The summed E-state index contributed by atoms with van der Waals surface area (Å²) in [5.41, 5.74) is 1.68. The molecule has 3 aromatic heterocycles. The topological polar surface area (TPSA) is 134 Å². The van der Waals surface area contributed by atoms with E-state index in [1.54, 1.807) is 12.3 Å². The van der Waals surface area contributed by atoms with Crippen molar-refractivity contribution in [2.75, 3.05) is 48.4 Å². The molecule has 3 aromatic rings. The molecule has 7 rings (SSSR count). The van der Waals surface area contributed by atoms with Crippen molar-refractivity contribution in [3.63, 3.8) is 0 Å². The number of anilines is 4. The standard InChI is InChI=1S/C35H45FN8O4S/c1-5-33(45)43-14-7-9-27(43)34-23-16-32(40-31-11-13-37-35(41-31)42-15-12-29(48-4)26(36)20-42)38-17-24(23)28(18-39-34)44-19-25(22(44)3)30-10-6-8-21(2)49(30,46)47/h5,11,13,16-18,21-22,25-27,29-30H,1,6-10,12,14-15,19-20H2,2-4H3,(H,37,38,40,41)/t21?,22?,25?,26-,27?,29+,30?/m0/s1. The number of alkyl halides is 1. The van der Waals surface area contributed by atoms with Gasteiger partial charge in [-0.05, 0) is 64.2 Å². The molecule has 5 unspecified atom stereocenters. The van der Waals surface area contributed by atoms with Gasteiger partial charge in [-0.3, -0.25) is 9.78 Å². The normalized spacial score (nSPS) is 29.9. The minimum Gasteiger partial charge on any atom is -0.378 e. The lowest BCUT2D eigenvalue weighted by molar-refractivity contribution is -0.126. The summed E-state index contributed by atoms with van der Waals surface area (Å²) in [5.74, 6) is 1.39. The van der Waals surface area contributed by atoms with Crippen molar-refractivity contribution in [1.29, 1.82) is 0 Å². The summed E-state index contributed by atoms with van der Waals surface area (Å²) in [4.78, 5) is 37.5. The molecule has 0 radical (unpaired) electrons. The van der Waals surface area contributed by atoms with Gasteiger partial charge >= 0.3 is 0 Å².